The highest BCUT2D eigenvalue weighted by atomic mass is 16.5. The molecule has 6 nitrogen and oxygen atoms in total. The number of amides is 1. The van der Waals surface area contributed by atoms with E-state index in [1.54, 1.807) is 12.1 Å². The SMILES string of the molecule is COc1ccc([C@@](O)(C(=O)O)[C@@H](C)NC(C)=O)cc1. The average Bonchev–Trinajstić information content (AvgIpc) is 2.36. The number of ether oxygens (including phenoxy) is 1. The highest BCUT2D eigenvalue weighted by Gasteiger charge is 2.44. The third kappa shape index (κ3) is 3.03. The molecule has 0 bridgehead atoms. The van der Waals surface area contributed by atoms with Crippen LogP contribution in [0.3, 0.4) is 0 Å². The van der Waals surface area contributed by atoms with Crippen LogP contribution in [0.25, 0.3) is 0 Å². The Balaban J connectivity index is 3.17. The zero-order valence-electron chi connectivity index (χ0n) is 11.0. The number of carboxylic acids is 1. The first-order valence-electron chi connectivity index (χ1n) is 5.69. The third-order valence-electron chi connectivity index (χ3n) is 2.90. The van der Waals surface area contributed by atoms with Gasteiger partial charge < -0.3 is 20.3 Å². The third-order valence-corrected chi connectivity index (χ3v) is 2.90. The van der Waals surface area contributed by atoms with Gasteiger partial charge in [0.05, 0.1) is 13.2 Å². The second-order valence-corrected chi connectivity index (χ2v) is 4.22. The van der Waals surface area contributed by atoms with E-state index in [0.717, 1.165) is 0 Å². The van der Waals surface area contributed by atoms with Crippen molar-refractivity contribution in [1.29, 1.82) is 0 Å². The van der Waals surface area contributed by atoms with Gasteiger partial charge in [-0.2, -0.15) is 0 Å². The first-order valence-corrected chi connectivity index (χ1v) is 5.69. The molecule has 0 unspecified atom stereocenters. The van der Waals surface area contributed by atoms with Crippen molar-refractivity contribution in [3.8, 4) is 5.75 Å². The lowest BCUT2D eigenvalue weighted by molar-refractivity contribution is -0.163. The minimum Gasteiger partial charge on any atom is -0.497 e. The summed E-state index contributed by atoms with van der Waals surface area (Å²) >= 11 is 0. The summed E-state index contributed by atoms with van der Waals surface area (Å²) in [5.74, 6) is -1.30. The smallest absolute Gasteiger partial charge is 0.342 e. The number of carbonyl (C=O) groups excluding carboxylic acids is 1. The van der Waals surface area contributed by atoms with E-state index in [2.05, 4.69) is 5.32 Å². The van der Waals surface area contributed by atoms with Crippen molar-refractivity contribution in [2.75, 3.05) is 7.11 Å². The number of aliphatic carboxylic acids is 1. The number of carbonyl (C=O) groups is 2. The van der Waals surface area contributed by atoms with Gasteiger partial charge in [0, 0.05) is 6.92 Å². The van der Waals surface area contributed by atoms with E-state index in [4.69, 9.17) is 4.74 Å². The maximum Gasteiger partial charge on any atom is 0.342 e. The van der Waals surface area contributed by atoms with Gasteiger partial charge in [0.25, 0.3) is 0 Å². The number of rotatable bonds is 5. The Morgan fingerprint density at radius 1 is 1.32 bits per heavy atom. The molecule has 0 aromatic heterocycles. The Bertz CT molecular complexity index is 470. The lowest BCUT2D eigenvalue weighted by Gasteiger charge is -2.30. The van der Waals surface area contributed by atoms with Gasteiger partial charge in [-0.25, -0.2) is 4.79 Å². The van der Waals surface area contributed by atoms with E-state index in [9.17, 15) is 19.8 Å². The van der Waals surface area contributed by atoms with Gasteiger partial charge in [-0.3, -0.25) is 4.79 Å². The lowest BCUT2D eigenvalue weighted by atomic mass is 9.87. The molecule has 0 radical (unpaired) electrons. The summed E-state index contributed by atoms with van der Waals surface area (Å²) in [6.07, 6.45) is 0. The first-order chi connectivity index (χ1) is 8.82. The summed E-state index contributed by atoms with van der Waals surface area (Å²) in [4.78, 5) is 22.4. The lowest BCUT2D eigenvalue weighted by Crippen LogP contribution is -2.53. The molecule has 0 fully saturated rings. The first kappa shape index (κ1) is 15.0. The standard InChI is InChI=1S/C13H17NO5/c1-8(14-9(2)15)13(18,12(16)17)10-4-6-11(19-3)7-5-10/h4-8,18H,1-3H3,(H,14,15)(H,16,17)/t8-,13-/m1/s1. The Labute approximate surface area is 111 Å². The Morgan fingerprint density at radius 3 is 2.21 bits per heavy atom. The number of benzene rings is 1. The zero-order valence-corrected chi connectivity index (χ0v) is 11.0. The van der Waals surface area contributed by atoms with Crippen LogP contribution in [0.5, 0.6) is 5.75 Å². The minimum atomic E-state index is -2.20. The number of hydrogen-bond donors (Lipinski definition) is 3. The summed E-state index contributed by atoms with van der Waals surface area (Å²) < 4.78 is 4.97. The summed E-state index contributed by atoms with van der Waals surface area (Å²) in [5, 5.41) is 22.0. The van der Waals surface area contributed by atoms with Crippen LogP contribution in [0.2, 0.25) is 0 Å². The van der Waals surface area contributed by atoms with E-state index in [0.29, 0.717) is 5.75 Å². The second kappa shape index (κ2) is 5.71. The van der Waals surface area contributed by atoms with Crippen LogP contribution >= 0.6 is 0 Å². The molecule has 19 heavy (non-hydrogen) atoms. The summed E-state index contributed by atoms with van der Waals surface area (Å²) in [7, 11) is 1.48. The van der Waals surface area contributed by atoms with Gasteiger partial charge in [-0.05, 0) is 24.6 Å². The second-order valence-electron chi connectivity index (χ2n) is 4.22. The van der Waals surface area contributed by atoms with Gasteiger partial charge in [-0.15, -0.1) is 0 Å². The van der Waals surface area contributed by atoms with Crippen molar-refractivity contribution in [3.63, 3.8) is 0 Å². The molecule has 0 aliphatic carbocycles. The topological polar surface area (TPSA) is 95.9 Å². The Hall–Kier alpha value is -2.08. The number of hydrogen-bond acceptors (Lipinski definition) is 4. The molecule has 0 spiro atoms. The average molecular weight is 267 g/mol. The maximum absolute atomic E-state index is 11.4. The van der Waals surface area contributed by atoms with Gasteiger partial charge in [0.2, 0.25) is 11.5 Å². The van der Waals surface area contributed by atoms with E-state index < -0.39 is 23.5 Å². The summed E-state index contributed by atoms with van der Waals surface area (Å²) in [6, 6.07) is 5.01. The molecule has 0 aliphatic rings. The number of aliphatic hydroxyl groups is 1. The van der Waals surface area contributed by atoms with Crippen LogP contribution in [0.1, 0.15) is 19.4 Å². The molecular formula is C13H17NO5. The van der Waals surface area contributed by atoms with Gasteiger partial charge >= 0.3 is 5.97 Å². The highest BCUT2D eigenvalue weighted by Crippen LogP contribution is 2.27. The predicted molar refractivity (Wildman–Crippen MR) is 67.8 cm³/mol. The molecule has 0 aliphatic heterocycles. The maximum atomic E-state index is 11.4. The molecule has 1 aromatic carbocycles. The van der Waals surface area contributed by atoms with Crippen LogP contribution in [0, 0.1) is 0 Å². The van der Waals surface area contributed by atoms with Crippen molar-refractivity contribution < 1.29 is 24.5 Å². The van der Waals surface area contributed by atoms with Crippen LogP contribution in [0.4, 0.5) is 0 Å². The molecule has 6 heteroatoms. The van der Waals surface area contributed by atoms with Crippen LogP contribution in [-0.2, 0) is 15.2 Å². The van der Waals surface area contributed by atoms with Crippen molar-refractivity contribution in [2.45, 2.75) is 25.5 Å². The van der Waals surface area contributed by atoms with Crippen molar-refractivity contribution in [3.05, 3.63) is 29.8 Å². The van der Waals surface area contributed by atoms with Crippen LogP contribution in [0.15, 0.2) is 24.3 Å². The number of nitrogens with one attached hydrogen (secondary N) is 1. The molecule has 0 saturated carbocycles. The Kier molecular flexibility index (Phi) is 4.50. The van der Waals surface area contributed by atoms with Crippen molar-refractivity contribution in [1.82, 2.24) is 5.32 Å². The molecule has 2 atom stereocenters. The van der Waals surface area contributed by atoms with Crippen LogP contribution in [-0.4, -0.2) is 35.2 Å². The molecule has 1 amide bonds. The summed E-state index contributed by atoms with van der Waals surface area (Å²) in [5.41, 5.74) is -2.03. The fourth-order valence-electron chi connectivity index (χ4n) is 1.81. The molecule has 3 N–H and O–H groups in total. The zero-order chi connectivity index (χ0) is 14.6. The number of methoxy groups -OCH3 is 1. The molecule has 0 saturated heterocycles. The normalized spacial score (nSPS) is 15.2. The van der Waals surface area contributed by atoms with Gasteiger partial charge in [-0.1, -0.05) is 12.1 Å². The molecule has 0 heterocycles. The van der Waals surface area contributed by atoms with Gasteiger partial charge in [0.15, 0.2) is 0 Å². The largest absolute Gasteiger partial charge is 0.497 e. The van der Waals surface area contributed by atoms with Crippen LogP contribution < -0.4 is 10.1 Å². The monoisotopic (exact) mass is 267 g/mol. The summed E-state index contributed by atoms with van der Waals surface area (Å²) in [6.45, 7) is 2.69. The molecule has 1 rings (SSSR count). The van der Waals surface area contributed by atoms with Crippen molar-refractivity contribution in [2.24, 2.45) is 0 Å². The fraction of sp³-hybridized carbons (Fsp3) is 0.385. The van der Waals surface area contributed by atoms with E-state index >= 15 is 0 Å². The fourth-order valence-corrected chi connectivity index (χ4v) is 1.81. The van der Waals surface area contributed by atoms with E-state index in [1.165, 1.54) is 33.1 Å². The molecule has 104 valence electrons. The van der Waals surface area contributed by atoms with E-state index in [-0.39, 0.29) is 5.56 Å². The van der Waals surface area contributed by atoms with Gasteiger partial charge in [0.1, 0.15) is 5.75 Å². The highest BCUT2D eigenvalue weighted by molar-refractivity contribution is 5.82. The molecule has 1 aromatic rings. The minimum absolute atomic E-state index is 0.169. The number of carboxylic acid groups (broad SMARTS) is 1. The van der Waals surface area contributed by atoms with Crippen molar-refractivity contribution >= 4 is 11.9 Å². The van der Waals surface area contributed by atoms with E-state index in [1.807, 2.05) is 0 Å². The molecular weight excluding hydrogens is 250 g/mol. The quantitative estimate of drug-likeness (QED) is 0.721. The predicted octanol–water partition coefficient (Wildman–Crippen LogP) is 0.492. The Morgan fingerprint density at radius 2 is 1.84 bits per heavy atom.